The molecule has 0 aliphatic rings. The maximum atomic E-state index is 11.9. The van der Waals surface area contributed by atoms with Crippen LogP contribution in [0.1, 0.15) is 17.3 Å². The summed E-state index contributed by atoms with van der Waals surface area (Å²) >= 11 is 0. The first kappa shape index (κ1) is 12.1. The number of benzene rings is 1. The van der Waals surface area contributed by atoms with Crippen LogP contribution in [0.4, 0.5) is 0 Å². The molecule has 0 saturated heterocycles. The normalized spacial score (nSPS) is 9.81. The van der Waals surface area contributed by atoms with Crippen molar-refractivity contribution in [1.29, 1.82) is 0 Å². The number of hydrogen-bond donors (Lipinski definition) is 2. The van der Waals surface area contributed by atoms with Gasteiger partial charge >= 0.3 is 0 Å². The van der Waals surface area contributed by atoms with E-state index in [1.54, 1.807) is 6.08 Å². The molecule has 0 radical (unpaired) electrons. The van der Waals surface area contributed by atoms with E-state index in [-0.39, 0.29) is 23.0 Å². The van der Waals surface area contributed by atoms with Gasteiger partial charge in [0.15, 0.2) is 0 Å². The minimum absolute atomic E-state index is 0.0455. The molecule has 0 spiro atoms. The highest BCUT2D eigenvalue weighted by atomic mass is 16.3. The molecular formula is C12H15NO3. The van der Waals surface area contributed by atoms with Gasteiger partial charge in [0, 0.05) is 13.1 Å². The molecule has 0 unspecified atom stereocenters. The zero-order valence-corrected chi connectivity index (χ0v) is 9.18. The lowest BCUT2D eigenvalue weighted by atomic mass is 10.1. The summed E-state index contributed by atoms with van der Waals surface area (Å²) in [6.45, 7) is 6.31. The zero-order valence-electron chi connectivity index (χ0n) is 9.18. The second-order valence-corrected chi connectivity index (χ2v) is 3.33. The summed E-state index contributed by atoms with van der Waals surface area (Å²) in [5.41, 5.74) is 0.101. The Morgan fingerprint density at radius 2 is 2.19 bits per heavy atom. The van der Waals surface area contributed by atoms with Crippen molar-refractivity contribution in [2.45, 2.75) is 6.92 Å². The number of carbonyl (C=O) groups is 1. The topological polar surface area (TPSA) is 60.8 Å². The van der Waals surface area contributed by atoms with E-state index in [4.69, 9.17) is 0 Å². The molecule has 4 heteroatoms. The van der Waals surface area contributed by atoms with Crippen molar-refractivity contribution in [1.82, 2.24) is 4.90 Å². The first-order valence-electron chi connectivity index (χ1n) is 5.02. The molecule has 0 bridgehead atoms. The van der Waals surface area contributed by atoms with Crippen LogP contribution in [0.15, 0.2) is 30.9 Å². The molecule has 0 aliphatic heterocycles. The minimum Gasteiger partial charge on any atom is -0.508 e. The summed E-state index contributed by atoms with van der Waals surface area (Å²) in [5.74, 6) is -0.503. The largest absolute Gasteiger partial charge is 0.508 e. The van der Waals surface area contributed by atoms with Crippen LogP contribution in [-0.2, 0) is 0 Å². The number of carbonyl (C=O) groups excluding carboxylic acids is 1. The first-order chi connectivity index (χ1) is 7.60. The van der Waals surface area contributed by atoms with Crippen molar-refractivity contribution in [2.24, 2.45) is 0 Å². The number of phenolic OH excluding ortho intramolecular Hbond substituents is 2. The van der Waals surface area contributed by atoms with Crippen LogP contribution in [0.2, 0.25) is 0 Å². The number of nitrogens with zero attached hydrogens (tertiary/aromatic N) is 1. The predicted octanol–water partition coefficient (Wildman–Crippen LogP) is 1.75. The van der Waals surface area contributed by atoms with Gasteiger partial charge in [0.1, 0.15) is 11.5 Å². The molecule has 0 aliphatic carbocycles. The maximum absolute atomic E-state index is 11.9. The number of rotatable bonds is 4. The van der Waals surface area contributed by atoms with E-state index in [1.165, 1.54) is 23.1 Å². The fourth-order valence-electron chi connectivity index (χ4n) is 1.38. The summed E-state index contributed by atoms with van der Waals surface area (Å²) in [6, 6.07) is 3.88. The van der Waals surface area contributed by atoms with Crippen LogP contribution in [-0.4, -0.2) is 34.1 Å². The van der Waals surface area contributed by atoms with Crippen molar-refractivity contribution in [3.05, 3.63) is 36.4 Å². The average Bonchev–Trinajstić information content (AvgIpc) is 2.28. The highest BCUT2D eigenvalue weighted by Crippen LogP contribution is 2.23. The van der Waals surface area contributed by atoms with E-state index in [2.05, 4.69) is 6.58 Å². The Morgan fingerprint density at radius 3 is 2.75 bits per heavy atom. The summed E-state index contributed by atoms with van der Waals surface area (Å²) in [4.78, 5) is 13.5. The van der Waals surface area contributed by atoms with Gasteiger partial charge in [-0.2, -0.15) is 0 Å². The van der Waals surface area contributed by atoms with Crippen LogP contribution >= 0.6 is 0 Å². The molecule has 1 aromatic rings. The third kappa shape index (κ3) is 2.53. The van der Waals surface area contributed by atoms with Gasteiger partial charge in [-0.15, -0.1) is 6.58 Å². The smallest absolute Gasteiger partial charge is 0.258 e. The van der Waals surface area contributed by atoms with Crippen LogP contribution in [0, 0.1) is 0 Å². The SMILES string of the molecule is C=CCN(CC)C(=O)c1cc(O)ccc1O. The molecule has 1 amide bonds. The molecule has 2 N–H and O–H groups in total. The lowest BCUT2D eigenvalue weighted by molar-refractivity contribution is 0.0778. The summed E-state index contributed by atoms with van der Waals surface area (Å²) in [5, 5.41) is 18.8. The third-order valence-corrected chi connectivity index (χ3v) is 2.23. The molecule has 1 rings (SSSR count). The highest BCUT2D eigenvalue weighted by Gasteiger charge is 2.17. The molecule has 1 aromatic carbocycles. The predicted molar refractivity (Wildman–Crippen MR) is 61.5 cm³/mol. The van der Waals surface area contributed by atoms with E-state index < -0.39 is 0 Å². The monoisotopic (exact) mass is 221 g/mol. The van der Waals surface area contributed by atoms with Gasteiger partial charge in [-0.3, -0.25) is 4.79 Å². The maximum Gasteiger partial charge on any atom is 0.258 e. The van der Waals surface area contributed by atoms with Gasteiger partial charge < -0.3 is 15.1 Å². The summed E-state index contributed by atoms with van der Waals surface area (Å²) in [6.07, 6.45) is 1.61. The van der Waals surface area contributed by atoms with E-state index in [0.29, 0.717) is 13.1 Å². The highest BCUT2D eigenvalue weighted by molar-refractivity contribution is 5.97. The molecular weight excluding hydrogens is 206 g/mol. The fraction of sp³-hybridized carbons (Fsp3) is 0.250. The number of amides is 1. The minimum atomic E-state index is -0.323. The number of aromatic hydroxyl groups is 2. The summed E-state index contributed by atoms with van der Waals surface area (Å²) < 4.78 is 0. The number of likely N-dealkylation sites (N-methyl/N-ethyl adjacent to an activating group) is 1. The van der Waals surface area contributed by atoms with Crippen LogP contribution in [0.5, 0.6) is 11.5 Å². The van der Waals surface area contributed by atoms with Gasteiger partial charge in [0.25, 0.3) is 5.91 Å². The van der Waals surface area contributed by atoms with Gasteiger partial charge in [-0.25, -0.2) is 0 Å². The molecule has 0 aromatic heterocycles. The number of hydrogen-bond acceptors (Lipinski definition) is 3. The van der Waals surface area contributed by atoms with Crippen LogP contribution in [0.3, 0.4) is 0 Å². The van der Waals surface area contributed by atoms with Gasteiger partial charge in [-0.05, 0) is 25.1 Å². The summed E-state index contributed by atoms with van der Waals surface area (Å²) in [7, 11) is 0. The Hall–Kier alpha value is -1.97. The lowest BCUT2D eigenvalue weighted by Gasteiger charge is -2.19. The Bertz CT molecular complexity index is 401. The fourth-order valence-corrected chi connectivity index (χ4v) is 1.38. The Balaban J connectivity index is 3.02. The van der Waals surface area contributed by atoms with Gasteiger partial charge in [0.2, 0.25) is 0 Å². The first-order valence-corrected chi connectivity index (χ1v) is 5.02. The van der Waals surface area contributed by atoms with Crippen LogP contribution in [0.25, 0.3) is 0 Å². The van der Waals surface area contributed by atoms with Crippen molar-refractivity contribution in [3.8, 4) is 11.5 Å². The van der Waals surface area contributed by atoms with E-state index in [9.17, 15) is 15.0 Å². The zero-order chi connectivity index (χ0) is 12.1. The van der Waals surface area contributed by atoms with Crippen molar-refractivity contribution < 1.29 is 15.0 Å². The van der Waals surface area contributed by atoms with Gasteiger partial charge in [-0.1, -0.05) is 6.08 Å². The van der Waals surface area contributed by atoms with Crippen molar-refractivity contribution >= 4 is 5.91 Å². The van der Waals surface area contributed by atoms with E-state index >= 15 is 0 Å². The number of phenols is 2. The van der Waals surface area contributed by atoms with E-state index in [0.717, 1.165) is 0 Å². The Labute approximate surface area is 94.4 Å². The average molecular weight is 221 g/mol. The Kier molecular flexibility index (Phi) is 3.94. The standard InChI is InChI=1S/C12H15NO3/c1-3-7-13(4-2)12(16)10-8-9(14)5-6-11(10)15/h3,5-6,8,14-15H,1,4,7H2,2H3. The molecule has 86 valence electrons. The molecule has 0 heterocycles. The second kappa shape index (κ2) is 5.21. The van der Waals surface area contributed by atoms with Crippen molar-refractivity contribution in [2.75, 3.05) is 13.1 Å². The van der Waals surface area contributed by atoms with Crippen LogP contribution < -0.4 is 0 Å². The second-order valence-electron chi connectivity index (χ2n) is 3.33. The Morgan fingerprint density at radius 1 is 1.50 bits per heavy atom. The third-order valence-electron chi connectivity index (χ3n) is 2.23. The van der Waals surface area contributed by atoms with E-state index in [1.807, 2.05) is 6.92 Å². The molecule has 0 saturated carbocycles. The lowest BCUT2D eigenvalue weighted by Crippen LogP contribution is -2.30. The van der Waals surface area contributed by atoms with Crippen molar-refractivity contribution in [3.63, 3.8) is 0 Å². The molecule has 16 heavy (non-hydrogen) atoms. The molecule has 4 nitrogen and oxygen atoms in total. The molecule has 0 atom stereocenters. The molecule has 0 fully saturated rings. The quantitative estimate of drug-likeness (QED) is 0.601. The van der Waals surface area contributed by atoms with Gasteiger partial charge in [0.05, 0.1) is 5.56 Å².